The third kappa shape index (κ3) is 4.82. The van der Waals surface area contributed by atoms with E-state index in [2.05, 4.69) is 0 Å². The van der Waals surface area contributed by atoms with E-state index in [9.17, 15) is 13.2 Å². The number of hydrogen-bond donors (Lipinski definition) is 0. The Morgan fingerprint density at radius 1 is 1.14 bits per heavy atom. The van der Waals surface area contributed by atoms with E-state index < -0.39 is 10.0 Å². The Balaban J connectivity index is 1.73. The molecular formula is C21H29N3O4S. The van der Waals surface area contributed by atoms with Crippen LogP contribution in [0.15, 0.2) is 41.4 Å². The normalized spacial score (nSPS) is 15.3. The number of ether oxygens (including phenoxy) is 1. The third-order valence-corrected chi connectivity index (χ3v) is 7.02. The molecule has 1 fully saturated rings. The first-order valence-corrected chi connectivity index (χ1v) is 11.4. The molecule has 0 radical (unpaired) electrons. The zero-order valence-corrected chi connectivity index (χ0v) is 18.1. The van der Waals surface area contributed by atoms with Crippen LogP contribution in [0, 0.1) is 0 Å². The maximum absolute atomic E-state index is 12.9. The van der Waals surface area contributed by atoms with Crippen LogP contribution in [0.25, 0.3) is 0 Å². The maximum Gasteiger partial charge on any atom is 0.270 e. The zero-order valence-electron chi connectivity index (χ0n) is 17.3. The van der Waals surface area contributed by atoms with E-state index in [0.29, 0.717) is 31.9 Å². The predicted molar refractivity (Wildman–Crippen MR) is 111 cm³/mol. The minimum atomic E-state index is -3.56. The monoisotopic (exact) mass is 419 g/mol. The van der Waals surface area contributed by atoms with E-state index in [0.717, 1.165) is 30.6 Å². The second-order valence-electron chi connectivity index (χ2n) is 7.37. The van der Waals surface area contributed by atoms with Gasteiger partial charge in [0.05, 0.1) is 6.61 Å². The molecule has 0 atom stereocenters. The van der Waals surface area contributed by atoms with Gasteiger partial charge in [0.2, 0.25) is 10.0 Å². The SMILES string of the molecule is CCOc1ccc(CN(C)C(=O)c2cc(S(=O)(=O)N3CCCCC3)cn2C)cc1. The number of amides is 1. The fourth-order valence-corrected chi connectivity index (χ4v) is 5.13. The summed E-state index contributed by atoms with van der Waals surface area (Å²) in [6.07, 6.45) is 4.34. The quantitative estimate of drug-likeness (QED) is 0.692. The Bertz CT molecular complexity index is 945. The predicted octanol–water partition coefficient (Wildman–Crippen LogP) is 2.87. The average Bonchev–Trinajstić information content (AvgIpc) is 3.12. The van der Waals surface area contributed by atoms with Crippen molar-refractivity contribution in [3.63, 3.8) is 0 Å². The largest absolute Gasteiger partial charge is 0.494 e. The molecule has 158 valence electrons. The van der Waals surface area contributed by atoms with Crippen LogP contribution in [0.2, 0.25) is 0 Å². The van der Waals surface area contributed by atoms with Crippen molar-refractivity contribution in [2.24, 2.45) is 7.05 Å². The molecular weight excluding hydrogens is 390 g/mol. The van der Waals surface area contributed by atoms with Crippen LogP contribution in [0.1, 0.15) is 42.2 Å². The molecule has 7 nitrogen and oxygen atoms in total. The highest BCUT2D eigenvalue weighted by Crippen LogP contribution is 2.23. The number of carbonyl (C=O) groups excluding carboxylic acids is 1. The second kappa shape index (κ2) is 9.00. The summed E-state index contributed by atoms with van der Waals surface area (Å²) in [7, 11) is -0.150. The highest BCUT2D eigenvalue weighted by atomic mass is 32.2. The lowest BCUT2D eigenvalue weighted by Crippen LogP contribution is -2.35. The van der Waals surface area contributed by atoms with Crippen molar-refractivity contribution in [1.82, 2.24) is 13.8 Å². The summed E-state index contributed by atoms with van der Waals surface area (Å²) in [6.45, 7) is 4.04. The molecule has 0 unspecified atom stereocenters. The third-order valence-electron chi connectivity index (χ3n) is 5.15. The van der Waals surface area contributed by atoms with Crippen molar-refractivity contribution >= 4 is 15.9 Å². The lowest BCUT2D eigenvalue weighted by Gasteiger charge is -2.25. The van der Waals surface area contributed by atoms with Crippen LogP contribution in [-0.4, -0.2) is 54.8 Å². The number of aryl methyl sites for hydroxylation is 1. The molecule has 1 amide bonds. The number of hydrogen-bond acceptors (Lipinski definition) is 4. The van der Waals surface area contributed by atoms with E-state index in [1.54, 1.807) is 23.6 Å². The van der Waals surface area contributed by atoms with Gasteiger partial charge in [0.25, 0.3) is 5.91 Å². The topological polar surface area (TPSA) is 71.8 Å². The summed E-state index contributed by atoms with van der Waals surface area (Å²) in [5.41, 5.74) is 1.33. The molecule has 29 heavy (non-hydrogen) atoms. The summed E-state index contributed by atoms with van der Waals surface area (Å²) in [6, 6.07) is 9.09. The smallest absolute Gasteiger partial charge is 0.270 e. The Hall–Kier alpha value is -2.32. The molecule has 2 aromatic rings. The number of rotatable bonds is 7. The maximum atomic E-state index is 12.9. The van der Waals surface area contributed by atoms with Gasteiger partial charge in [-0.05, 0) is 43.5 Å². The van der Waals surface area contributed by atoms with Crippen molar-refractivity contribution in [3.05, 3.63) is 47.8 Å². The van der Waals surface area contributed by atoms with Gasteiger partial charge < -0.3 is 14.2 Å². The molecule has 0 saturated carbocycles. The van der Waals surface area contributed by atoms with Crippen molar-refractivity contribution in [2.45, 2.75) is 37.6 Å². The summed E-state index contributed by atoms with van der Waals surface area (Å²) < 4.78 is 34.3. The molecule has 1 saturated heterocycles. The molecule has 8 heteroatoms. The number of piperidine rings is 1. The van der Waals surface area contributed by atoms with Gasteiger partial charge in [0, 0.05) is 39.9 Å². The van der Waals surface area contributed by atoms with Crippen LogP contribution in [0.4, 0.5) is 0 Å². The molecule has 1 aliphatic rings. The minimum absolute atomic E-state index is 0.180. The molecule has 0 aliphatic carbocycles. The summed E-state index contributed by atoms with van der Waals surface area (Å²) >= 11 is 0. The van der Waals surface area contributed by atoms with Crippen LogP contribution < -0.4 is 4.74 Å². The highest BCUT2D eigenvalue weighted by Gasteiger charge is 2.29. The van der Waals surface area contributed by atoms with E-state index >= 15 is 0 Å². The Kier molecular flexibility index (Phi) is 6.64. The van der Waals surface area contributed by atoms with Gasteiger partial charge in [0.15, 0.2) is 0 Å². The molecule has 0 spiro atoms. The van der Waals surface area contributed by atoms with Crippen LogP contribution >= 0.6 is 0 Å². The molecule has 1 aromatic heterocycles. The standard InChI is InChI=1S/C21H29N3O4S/c1-4-28-18-10-8-17(9-11-18)15-23(3)21(25)20-14-19(16-22(20)2)29(26,27)24-12-6-5-7-13-24/h8-11,14,16H,4-7,12-13,15H2,1-3H3. The molecule has 0 N–H and O–H groups in total. The summed E-state index contributed by atoms with van der Waals surface area (Å²) in [5, 5.41) is 0. The average molecular weight is 420 g/mol. The van der Waals surface area contributed by atoms with E-state index in [1.165, 1.54) is 16.6 Å². The number of carbonyl (C=O) groups is 1. The molecule has 1 aliphatic heterocycles. The summed E-state index contributed by atoms with van der Waals surface area (Å²) in [5.74, 6) is 0.571. The van der Waals surface area contributed by atoms with Crippen LogP contribution in [0.5, 0.6) is 5.75 Å². The Morgan fingerprint density at radius 2 is 1.79 bits per heavy atom. The van der Waals surface area contributed by atoms with Gasteiger partial charge >= 0.3 is 0 Å². The molecule has 0 bridgehead atoms. The molecule has 3 rings (SSSR count). The van der Waals surface area contributed by atoms with E-state index in [-0.39, 0.29) is 10.8 Å². The van der Waals surface area contributed by atoms with Crippen LogP contribution in [-0.2, 0) is 23.6 Å². The van der Waals surface area contributed by atoms with Gasteiger partial charge in [-0.15, -0.1) is 0 Å². The van der Waals surface area contributed by atoms with Gasteiger partial charge in [-0.1, -0.05) is 18.6 Å². The fraction of sp³-hybridized carbons (Fsp3) is 0.476. The lowest BCUT2D eigenvalue weighted by molar-refractivity contribution is 0.0775. The number of nitrogens with zero attached hydrogens (tertiary/aromatic N) is 3. The second-order valence-corrected chi connectivity index (χ2v) is 9.31. The van der Waals surface area contributed by atoms with Gasteiger partial charge in [-0.3, -0.25) is 4.79 Å². The highest BCUT2D eigenvalue weighted by molar-refractivity contribution is 7.89. The van der Waals surface area contributed by atoms with Crippen molar-refractivity contribution in [2.75, 3.05) is 26.7 Å². The number of benzene rings is 1. The molecule has 1 aromatic carbocycles. The van der Waals surface area contributed by atoms with Crippen LogP contribution in [0.3, 0.4) is 0 Å². The van der Waals surface area contributed by atoms with Crippen molar-refractivity contribution < 1.29 is 17.9 Å². The Morgan fingerprint density at radius 3 is 2.41 bits per heavy atom. The molecule has 2 heterocycles. The van der Waals surface area contributed by atoms with E-state index in [1.807, 2.05) is 31.2 Å². The van der Waals surface area contributed by atoms with Gasteiger partial charge in [-0.25, -0.2) is 8.42 Å². The zero-order chi connectivity index (χ0) is 21.0. The van der Waals surface area contributed by atoms with E-state index in [4.69, 9.17) is 4.74 Å². The number of sulfonamides is 1. The van der Waals surface area contributed by atoms with Crippen molar-refractivity contribution in [3.8, 4) is 5.75 Å². The first-order chi connectivity index (χ1) is 13.8. The fourth-order valence-electron chi connectivity index (χ4n) is 3.54. The number of aromatic nitrogens is 1. The van der Waals surface area contributed by atoms with Gasteiger partial charge in [0.1, 0.15) is 16.3 Å². The Labute approximate surface area is 172 Å². The minimum Gasteiger partial charge on any atom is -0.494 e. The van der Waals surface area contributed by atoms with Crippen molar-refractivity contribution in [1.29, 1.82) is 0 Å². The first-order valence-electron chi connectivity index (χ1n) is 9.96. The lowest BCUT2D eigenvalue weighted by atomic mass is 10.2. The first kappa shape index (κ1) is 21.4. The summed E-state index contributed by atoms with van der Waals surface area (Å²) in [4.78, 5) is 14.7. The van der Waals surface area contributed by atoms with Gasteiger partial charge in [-0.2, -0.15) is 4.31 Å².